The first-order valence-electron chi connectivity index (χ1n) is 9.30. The van der Waals surface area contributed by atoms with Crippen LogP contribution < -0.4 is 10.6 Å². The van der Waals surface area contributed by atoms with E-state index in [0.717, 1.165) is 18.7 Å². The number of carbonyl (C=O) groups excluding carboxylic acids is 2. The number of rotatable bonds is 8. The van der Waals surface area contributed by atoms with Crippen LogP contribution in [0.2, 0.25) is 0 Å². The minimum absolute atomic E-state index is 0.00917. The van der Waals surface area contributed by atoms with E-state index < -0.39 is 0 Å². The highest BCUT2D eigenvalue weighted by atomic mass is 16.2. The van der Waals surface area contributed by atoms with E-state index in [0.29, 0.717) is 25.9 Å². The predicted octanol–water partition coefficient (Wildman–Crippen LogP) is 2.12. The Morgan fingerprint density at radius 2 is 1.68 bits per heavy atom. The smallest absolute Gasteiger partial charge is 0.224 e. The Labute approximate surface area is 151 Å². The van der Waals surface area contributed by atoms with E-state index in [9.17, 15) is 9.59 Å². The number of piperidine rings is 1. The zero-order chi connectivity index (χ0) is 18.1. The third-order valence-corrected chi connectivity index (χ3v) is 4.81. The van der Waals surface area contributed by atoms with E-state index in [4.69, 9.17) is 0 Å². The van der Waals surface area contributed by atoms with Gasteiger partial charge in [-0.25, -0.2) is 0 Å². The van der Waals surface area contributed by atoms with Gasteiger partial charge < -0.3 is 10.6 Å². The molecule has 1 aliphatic rings. The van der Waals surface area contributed by atoms with E-state index >= 15 is 0 Å². The van der Waals surface area contributed by atoms with Crippen molar-refractivity contribution in [2.45, 2.75) is 51.5 Å². The highest BCUT2D eigenvalue weighted by Crippen LogP contribution is 2.19. The van der Waals surface area contributed by atoms with Gasteiger partial charge >= 0.3 is 0 Å². The lowest BCUT2D eigenvalue weighted by Gasteiger charge is -2.41. The van der Waals surface area contributed by atoms with Gasteiger partial charge in [0.1, 0.15) is 0 Å². The van der Waals surface area contributed by atoms with Gasteiger partial charge in [0.2, 0.25) is 11.8 Å². The molecular formula is C20H31N3O2. The van der Waals surface area contributed by atoms with Gasteiger partial charge in [0.25, 0.3) is 0 Å². The van der Waals surface area contributed by atoms with Crippen LogP contribution in [0.3, 0.4) is 0 Å². The summed E-state index contributed by atoms with van der Waals surface area (Å²) in [6.45, 7) is 7.60. The number of carbonyl (C=O) groups is 2. The summed E-state index contributed by atoms with van der Waals surface area (Å²) in [5.74, 6) is -0.0576. The molecule has 138 valence electrons. The molecule has 5 nitrogen and oxygen atoms in total. The van der Waals surface area contributed by atoms with Crippen molar-refractivity contribution in [2.75, 3.05) is 26.2 Å². The van der Waals surface area contributed by atoms with Crippen molar-refractivity contribution >= 4 is 11.8 Å². The molecule has 0 bridgehead atoms. The summed E-state index contributed by atoms with van der Waals surface area (Å²) < 4.78 is 0. The first-order valence-corrected chi connectivity index (χ1v) is 9.30. The van der Waals surface area contributed by atoms with Crippen molar-refractivity contribution in [3.05, 3.63) is 35.9 Å². The number of hydrogen-bond donors (Lipinski definition) is 2. The van der Waals surface area contributed by atoms with Crippen LogP contribution >= 0.6 is 0 Å². The maximum atomic E-state index is 12.0. The molecule has 2 amide bonds. The van der Waals surface area contributed by atoms with Gasteiger partial charge in [-0.05, 0) is 45.3 Å². The molecule has 1 heterocycles. The van der Waals surface area contributed by atoms with Gasteiger partial charge in [-0.15, -0.1) is 0 Å². The Balaban J connectivity index is 1.62. The largest absolute Gasteiger partial charge is 0.355 e. The third-order valence-electron chi connectivity index (χ3n) is 4.81. The van der Waals surface area contributed by atoms with Crippen molar-refractivity contribution in [3.8, 4) is 0 Å². The highest BCUT2D eigenvalue weighted by Gasteiger charge is 2.28. The number of amides is 2. The van der Waals surface area contributed by atoms with Gasteiger partial charge in [-0.3, -0.25) is 14.5 Å². The summed E-state index contributed by atoms with van der Waals surface area (Å²) in [5, 5.41) is 5.82. The predicted molar refractivity (Wildman–Crippen MR) is 100 cm³/mol. The molecule has 25 heavy (non-hydrogen) atoms. The fourth-order valence-corrected chi connectivity index (χ4v) is 3.17. The molecule has 0 unspecified atom stereocenters. The van der Waals surface area contributed by atoms with E-state index in [-0.39, 0.29) is 17.4 Å². The molecule has 5 heteroatoms. The monoisotopic (exact) mass is 345 g/mol. The van der Waals surface area contributed by atoms with Crippen molar-refractivity contribution in [2.24, 2.45) is 0 Å². The zero-order valence-corrected chi connectivity index (χ0v) is 15.5. The van der Waals surface area contributed by atoms with Crippen LogP contribution in [0.4, 0.5) is 0 Å². The second-order valence-corrected chi connectivity index (χ2v) is 7.40. The summed E-state index contributed by atoms with van der Waals surface area (Å²) in [5.41, 5.74) is 0.958. The van der Waals surface area contributed by atoms with E-state index in [1.165, 1.54) is 19.3 Å². The molecule has 0 aromatic heterocycles. The van der Waals surface area contributed by atoms with Gasteiger partial charge in [-0.2, -0.15) is 0 Å². The summed E-state index contributed by atoms with van der Waals surface area (Å²) in [6, 6.07) is 9.61. The normalized spacial score (nSPS) is 15.6. The number of nitrogens with one attached hydrogen (secondary N) is 2. The molecule has 0 saturated carbocycles. The quantitative estimate of drug-likeness (QED) is 0.759. The average Bonchev–Trinajstić information content (AvgIpc) is 2.62. The summed E-state index contributed by atoms with van der Waals surface area (Å²) in [4.78, 5) is 26.4. The topological polar surface area (TPSA) is 61.4 Å². The maximum Gasteiger partial charge on any atom is 0.224 e. The highest BCUT2D eigenvalue weighted by molar-refractivity contribution is 5.80. The SMILES string of the molecule is CC(C)(CNC(=O)CCNC(=O)Cc1ccccc1)N1CCCCC1. The fraction of sp³-hybridized carbons (Fsp3) is 0.600. The molecule has 0 aliphatic carbocycles. The van der Waals surface area contributed by atoms with Gasteiger partial charge in [0, 0.05) is 25.0 Å². The Bertz CT molecular complexity index is 551. The zero-order valence-electron chi connectivity index (χ0n) is 15.5. The fourth-order valence-electron chi connectivity index (χ4n) is 3.17. The van der Waals surface area contributed by atoms with Crippen molar-refractivity contribution < 1.29 is 9.59 Å². The third kappa shape index (κ3) is 6.86. The number of benzene rings is 1. The first-order chi connectivity index (χ1) is 12.0. The molecule has 2 rings (SSSR count). The van der Waals surface area contributed by atoms with E-state index in [1.807, 2.05) is 30.3 Å². The van der Waals surface area contributed by atoms with Crippen LogP contribution in [0.25, 0.3) is 0 Å². The van der Waals surface area contributed by atoms with Crippen molar-refractivity contribution in [3.63, 3.8) is 0 Å². The summed E-state index contributed by atoms with van der Waals surface area (Å²) in [7, 11) is 0. The second-order valence-electron chi connectivity index (χ2n) is 7.40. The lowest BCUT2D eigenvalue weighted by Crippen LogP contribution is -2.53. The lowest BCUT2D eigenvalue weighted by molar-refractivity contribution is -0.122. The molecule has 1 aliphatic heterocycles. The Morgan fingerprint density at radius 1 is 1.00 bits per heavy atom. The number of nitrogens with zero attached hydrogens (tertiary/aromatic N) is 1. The molecule has 0 spiro atoms. The molecule has 1 fully saturated rings. The lowest BCUT2D eigenvalue weighted by atomic mass is 9.98. The Morgan fingerprint density at radius 3 is 2.36 bits per heavy atom. The van der Waals surface area contributed by atoms with Crippen LogP contribution in [0, 0.1) is 0 Å². The molecule has 0 atom stereocenters. The minimum Gasteiger partial charge on any atom is -0.355 e. The van der Waals surface area contributed by atoms with Crippen LogP contribution in [0.1, 0.15) is 45.1 Å². The molecule has 1 aromatic rings. The van der Waals surface area contributed by atoms with Gasteiger partial charge in [0.15, 0.2) is 0 Å². The van der Waals surface area contributed by atoms with E-state index in [2.05, 4.69) is 29.4 Å². The van der Waals surface area contributed by atoms with Crippen molar-refractivity contribution in [1.29, 1.82) is 0 Å². The second kappa shape index (κ2) is 9.56. The standard InChI is InChI=1S/C20H31N3O2/c1-20(2,23-13-7-4-8-14-23)16-22-18(24)11-12-21-19(25)15-17-9-5-3-6-10-17/h3,5-6,9-10H,4,7-8,11-16H2,1-2H3,(H,21,25)(H,22,24). The first kappa shape index (κ1) is 19.4. The average molecular weight is 345 g/mol. The van der Waals surface area contributed by atoms with Crippen LogP contribution in [-0.2, 0) is 16.0 Å². The molecule has 2 N–H and O–H groups in total. The Hall–Kier alpha value is -1.88. The van der Waals surface area contributed by atoms with Crippen molar-refractivity contribution in [1.82, 2.24) is 15.5 Å². The minimum atomic E-state index is -0.0485. The number of likely N-dealkylation sites (tertiary alicyclic amines) is 1. The van der Waals surface area contributed by atoms with Crippen LogP contribution in [0.15, 0.2) is 30.3 Å². The maximum absolute atomic E-state index is 12.0. The summed E-state index contributed by atoms with van der Waals surface area (Å²) in [6.07, 6.45) is 4.46. The molecular weight excluding hydrogens is 314 g/mol. The summed E-state index contributed by atoms with van der Waals surface area (Å²) >= 11 is 0. The molecule has 0 radical (unpaired) electrons. The van der Waals surface area contributed by atoms with Crippen LogP contribution in [-0.4, -0.2) is 48.4 Å². The van der Waals surface area contributed by atoms with E-state index in [1.54, 1.807) is 0 Å². The van der Waals surface area contributed by atoms with Gasteiger partial charge in [0.05, 0.1) is 6.42 Å². The molecule has 1 saturated heterocycles. The molecule has 1 aromatic carbocycles. The number of hydrogen-bond acceptors (Lipinski definition) is 3. The van der Waals surface area contributed by atoms with Gasteiger partial charge in [-0.1, -0.05) is 36.8 Å². The Kier molecular flexibility index (Phi) is 7.44. The van der Waals surface area contributed by atoms with Crippen LogP contribution in [0.5, 0.6) is 0 Å².